The van der Waals surface area contributed by atoms with Gasteiger partial charge in [-0.05, 0) is 170 Å². The Labute approximate surface area is 360 Å². The van der Waals surface area contributed by atoms with Gasteiger partial charge in [-0.2, -0.15) is 0 Å². The van der Waals surface area contributed by atoms with Gasteiger partial charge in [-0.25, -0.2) is 0 Å². The first-order valence-corrected chi connectivity index (χ1v) is 20.8. The minimum atomic E-state index is 1.04. The summed E-state index contributed by atoms with van der Waals surface area (Å²) in [5.74, 6) is 0. The summed E-state index contributed by atoms with van der Waals surface area (Å²) in [6, 6.07) is 82.3. The third kappa shape index (κ3) is 8.66. The van der Waals surface area contributed by atoms with Crippen LogP contribution in [0.5, 0.6) is 0 Å². The molecule has 9 rings (SSSR count). The lowest BCUT2D eigenvalue weighted by molar-refractivity contribution is 1.24. The van der Waals surface area contributed by atoms with Crippen LogP contribution in [0.4, 0.5) is 62.6 Å². The van der Waals surface area contributed by atoms with E-state index in [2.05, 4.69) is 271 Å². The van der Waals surface area contributed by atoms with Gasteiger partial charge in [-0.3, -0.25) is 0 Å². The molecule has 61 heavy (non-hydrogen) atoms. The smallest absolute Gasteiger partial charge is 0.0469 e. The van der Waals surface area contributed by atoms with Crippen molar-refractivity contribution in [1.82, 2.24) is 0 Å². The van der Waals surface area contributed by atoms with Gasteiger partial charge in [0.15, 0.2) is 0 Å². The molecule has 0 aliphatic carbocycles. The maximum Gasteiger partial charge on any atom is 0.0469 e. The molecular formula is C57H48N4. The fraction of sp³-hybridized carbons (Fsp3) is 0.0526. The van der Waals surface area contributed by atoms with Crippen molar-refractivity contribution in [3.63, 3.8) is 0 Å². The number of nitrogens with zero attached hydrogens (tertiary/aromatic N) is 3. The highest BCUT2D eigenvalue weighted by Crippen LogP contribution is 2.43. The van der Waals surface area contributed by atoms with Crippen LogP contribution in [0.15, 0.2) is 231 Å². The zero-order valence-electron chi connectivity index (χ0n) is 34.8. The van der Waals surface area contributed by atoms with Crippen LogP contribution in [-0.4, -0.2) is 0 Å². The Hall–Kier alpha value is -7.82. The highest BCUT2D eigenvalue weighted by Gasteiger charge is 2.20. The van der Waals surface area contributed by atoms with Crippen LogP contribution in [0.25, 0.3) is 11.1 Å². The van der Waals surface area contributed by atoms with E-state index in [1.54, 1.807) is 0 Å². The summed E-state index contributed by atoms with van der Waals surface area (Å²) in [6.07, 6.45) is 0. The van der Waals surface area contributed by atoms with Crippen LogP contribution in [0, 0.1) is 20.8 Å². The van der Waals surface area contributed by atoms with Crippen molar-refractivity contribution in [2.75, 3.05) is 20.0 Å². The van der Waals surface area contributed by atoms with Crippen LogP contribution in [0.1, 0.15) is 16.7 Å². The Kier molecular flexibility index (Phi) is 11.1. The number of nitrogens with one attached hydrogen (secondary N) is 1. The van der Waals surface area contributed by atoms with Crippen molar-refractivity contribution in [3.8, 4) is 11.1 Å². The van der Waals surface area contributed by atoms with Gasteiger partial charge in [0.25, 0.3) is 0 Å². The molecule has 0 atom stereocenters. The van der Waals surface area contributed by atoms with Gasteiger partial charge in [0.1, 0.15) is 0 Å². The van der Waals surface area contributed by atoms with Gasteiger partial charge in [0, 0.05) is 68.1 Å². The second-order valence-electron chi connectivity index (χ2n) is 15.5. The lowest BCUT2D eigenvalue weighted by atomic mass is 10.0. The first-order valence-electron chi connectivity index (χ1n) is 20.8. The Balaban J connectivity index is 1.17. The van der Waals surface area contributed by atoms with Gasteiger partial charge >= 0.3 is 0 Å². The fourth-order valence-electron chi connectivity index (χ4n) is 8.05. The molecule has 9 aromatic carbocycles. The molecule has 0 aliphatic heterocycles. The van der Waals surface area contributed by atoms with Gasteiger partial charge in [0.2, 0.25) is 0 Å². The van der Waals surface area contributed by atoms with Crippen molar-refractivity contribution in [3.05, 3.63) is 247 Å². The van der Waals surface area contributed by atoms with Crippen LogP contribution < -0.4 is 20.0 Å². The second kappa shape index (κ2) is 17.6. The van der Waals surface area contributed by atoms with E-state index >= 15 is 0 Å². The molecule has 0 radical (unpaired) electrons. The Morgan fingerprint density at radius 1 is 0.279 bits per heavy atom. The van der Waals surface area contributed by atoms with E-state index < -0.39 is 0 Å². The molecule has 1 N–H and O–H groups in total. The van der Waals surface area contributed by atoms with Crippen LogP contribution in [0.3, 0.4) is 0 Å². The van der Waals surface area contributed by atoms with Crippen molar-refractivity contribution < 1.29 is 0 Å². The van der Waals surface area contributed by atoms with E-state index in [9.17, 15) is 0 Å². The third-order valence-electron chi connectivity index (χ3n) is 10.9. The van der Waals surface area contributed by atoms with Gasteiger partial charge in [-0.1, -0.05) is 103 Å². The number of hydrogen-bond acceptors (Lipinski definition) is 4. The fourth-order valence-corrected chi connectivity index (χ4v) is 8.05. The summed E-state index contributed by atoms with van der Waals surface area (Å²) in [5, 5.41) is 3.74. The molecule has 0 amide bonds. The molecule has 4 heteroatoms. The van der Waals surface area contributed by atoms with Crippen molar-refractivity contribution in [2.45, 2.75) is 20.8 Å². The van der Waals surface area contributed by atoms with E-state index in [1.807, 2.05) is 0 Å². The minimum Gasteiger partial charge on any atom is -0.355 e. The van der Waals surface area contributed by atoms with Crippen LogP contribution >= 0.6 is 0 Å². The Bertz CT molecular complexity index is 2720. The molecule has 0 fully saturated rings. The second-order valence-corrected chi connectivity index (χ2v) is 15.5. The first-order chi connectivity index (χ1) is 30.0. The first kappa shape index (κ1) is 38.7. The van der Waals surface area contributed by atoms with Gasteiger partial charge in [0.05, 0.1) is 0 Å². The maximum absolute atomic E-state index is 3.74. The Morgan fingerprint density at radius 3 is 1.05 bits per heavy atom. The molecule has 0 spiro atoms. The molecule has 0 bridgehead atoms. The summed E-state index contributed by atoms with van der Waals surface area (Å²) in [4.78, 5) is 6.99. The van der Waals surface area contributed by atoms with Gasteiger partial charge in [-0.15, -0.1) is 0 Å². The molecular weight excluding hydrogens is 741 g/mol. The van der Waals surface area contributed by atoms with Crippen molar-refractivity contribution >= 4 is 62.6 Å². The van der Waals surface area contributed by atoms with E-state index in [0.29, 0.717) is 0 Å². The molecule has 4 nitrogen and oxygen atoms in total. The lowest BCUT2D eigenvalue weighted by Gasteiger charge is -2.30. The summed E-state index contributed by atoms with van der Waals surface area (Å²) in [6.45, 7) is 6.41. The average molecular weight is 789 g/mol. The maximum atomic E-state index is 3.74. The number of rotatable bonds is 12. The predicted octanol–water partition coefficient (Wildman–Crippen LogP) is 16.4. The third-order valence-corrected chi connectivity index (χ3v) is 10.9. The Morgan fingerprint density at radius 2 is 0.623 bits per heavy atom. The number of anilines is 11. The zero-order valence-corrected chi connectivity index (χ0v) is 34.8. The number of benzene rings is 9. The molecule has 9 aromatic rings. The van der Waals surface area contributed by atoms with Crippen molar-refractivity contribution in [1.29, 1.82) is 0 Å². The zero-order chi connectivity index (χ0) is 41.5. The normalized spacial score (nSPS) is 10.9. The molecule has 0 aliphatic rings. The molecule has 0 saturated heterocycles. The molecule has 0 unspecified atom stereocenters. The topological polar surface area (TPSA) is 21.8 Å². The lowest BCUT2D eigenvalue weighted by Crippen LogP contribution is -2.13. The van der Waals surface area contributed by atoms with Gasteiger partial charge < -0.3 is 20.0 Å². The van der Waals surface area contributed by atoms with E-state index in [0.717, 1.165) is 73.7 Å². The molecule has 0 heterocycles. The standard InChI is InChI=1S/C57H48N4/c1-42-16-13-21-46(38-42)58-57-37-36-55(41-56(57)45-19-7-4-8-20-45)61(51-32-28-49(29-33-51)59(47-22-9-5-10-23-47)53-26-14-17-43(2)39-53)52-34-30-50(31-35-52)60(48-24-11-6-12-25-48)54-27-15-18-44(3)40-54/h4-41,58H,1-3H3. The molecule has 0 aromatic heterocycles. The van der Waals surface area contributed by atoms with Crippen LogP contribution in [-0.2, 0) is 0 Å². The predicted molar refractivity (Wildman–Crippen MR) is 260 cm³/mol. The van der Waals surface area contributed by atoms with Crippen molar-refractivity contribution in [2.24, 2.45) is 0 Å². The SMILES string of the molecule is Cc1cccc(Nc2ccc(N(c3ccc(N(c4ccccc4)c4cccc(C)c4)cc3)c3ccc(N(c4ccccc4)c4cccc(C)c4)cc3)cc2-c2ccccc2)c1. The highest BCUT2D eigenvalue weighted by molar-refractivity contribution is 5.89. The summed E-state index contributed by atoms with van der Waals surface area (Å²) in [7, 11) is 0. The minimum absolute atomic E-state index is 1.04. The monoisotopic (exact) mass is 788 g/mol. The van der Waals surface area contributed by atoms with E-state index in [1.165, 1.54) is 16.7 Å². The molecule has 0 saturated carbocycles. The largest absolute Gasteiger partial charge is 0.355 e. The highest BCUT2D eigenvalue weighted by atomic mass is 15.2. The van der Waals surface area contributed by atoms with E-state index in [4.69, 9.17) is 0 Å². The summed E-state index contributed by atoms with van der Waals surface area (Å²) < 4.78 is 0. The average Bonchev–Trinajstić information content (AvgIpc) is 3.29. The number of aryl methyl sites for hydroxylation is 3. The number of para-hydroxylation sites is 2. The summed E-state index contributed by atoms with van der Waals surface area (Å²) in [5.41, 5.74) is 17.7. The van der Waals surface area contributed by atoms with Crippen LogP contribution in [0.2, 0.25) is 0 Å². The number of hydrogen-bond donors (Lipinski definition) is 1. The summed E-state index contributed by atoms with van der Waals surface area (Å²) >= 11 is 0. The molecule has 296 valence electrons. The van der Waals surface area contributed by atoms with E-state index in [-0.39, 0.29) is 0 Å². The quantitative estimate of drug-likeness (QED) is 0.133.